The van der Waals surface area contributed by atoms with Gasteiger partial charge >= 0.3 is 0 Å². The maximum absolute atomic E-state index is 14.5. The molecule has 0 aliphatic carbocycles. The minimum Gasteiger partial charge on any atom is -0.488 e. The van der Waals surface area contributed by atoms with Crippen LogP contribution in [0, 0.1) is 5.82 Å². The summed E-state index contributed by atoms with van der Waals surface area (Å²) in [4.78, 5) is 27.9. The number of aromatic nitrogens is 2. The standard InChI is InChI=1S/C25H24ClFN4O3S/c1-30-24-18-10-16(26)6-7-21(18)34-13-19(24)23(29-30)25(33)31(11-15-4-2-3-5-20(15)27)12-22(32)28-17-8-9-35-14-17/h2-7,10,17H,8-9,11-14H2,1H3,(H,28,32). The Morgan fingerprint density at radius 1 is 1.31 bits per heavy atom. The van der Waals surface area contributed by atoms with E-state index in [0.29, 0.717) is 21.9 Å². The van der Waals surface area contributed by atoms with Gasteiger partial charge in [-0.25, -0.2) is 4.39 Å². The molecule has 2 amide bonds. The van der Waals surface area contributed by atoms with Crippen LogP contribution >= 0.6 is 23.4 Å². The van der Waals surface area contributed by atoms with Crippen LogP contribution in [0.1, 0.15) is 28.0 Å². The number of carbonyl (C=O) groups excluding carboxylic acids is 2. The molecule has 10 heteroatoms. The number of thioether (sulfide) groups is 1. The van der Waals surface area contributed by atoms with Crippen molar-refractivity contribution >= 4 is 35.2 Å². The van der Waals surface area contributed by atoms with Crippen molar-refractivity contribution < 1.29 is 18.7 Å². The van der Waals surface area contributed by atoms with Gasteiger partial charge in [0.2, 0.25) is 5.91 Å². The van der Waals surface area contributed by atoms with Gasteiger partial charge in [0.05, 0.1) is 5.69 Å². The minimum absolute atomic E-state index is 0.0625. The SMILES string of the molecule is Cn1nc(C(=O)N(CC(=O)NC2CCSC2)Cc2ccccc2F)c2c1-c1cc(Cl)ccc1OC2. The van der Waals surface area contributed by atoms with Gasteiger partial charge in [-0.2, -0.15) is 16.9 Å². The summed E-state index contributed by atoms with van der Waals surface area (Å²) in [6, 6.07) is 11.6. The van der Waals surface area contributed by atoms with Crippen LogP contribution < -0.4 is 10.1 Å². The highest BCUT2D eigenvalue weighted by atomic mass is 35.5. The molecule has 0 spiro atoms. The summed E-state index contributed by atoms with van der Waals surface area (Å²) in [5.41, 5.74) is 2.58. The summed E-state index contributed by atoms with van der Waals surface area (Å²) in [7, 11) is 1.75. The average molecular weight is 515 g/mol. The second kappa shape index (κ2) is 9.91. The summed E-state index contributed by atoms with van der Waals surface area (Å²) >= 11 is 7.99. The van der Waals surface area contributed by atoms with E-state index in [9.17, 15) is 14.0 Å². The lowest BCUT2D eigenvalue weighted by molar-refractivity contribution is -0.122. The predicted molar refractivity (Wildman–Crippen MR) is 133 cm³/mol. The first-order chi connectivity index (χ1) is 16.9. The fourth-order valence-corrected chi connectivity index (χ4v) is 5.78. The van der Waals surface area contributed by atoms with Crippen molar-refractivity contribution in [1.29, 1.82) is 0 Å². The lowest BCUT2D eigenvalue weighted by Crippen LogP contribution is -2.44. The van der Waals surface area contributed by atoms with E-state index in [1.165, 1.54) is 11.0 Å². The van der Waals surface area contributed by atoms with E-state index in [0.717, 1.165) is 29.2 Å². The number of aryl methyl sites for hydroxylation is 1. The van der Waals surface area contributed by atoms with Gasteiger partial charge in [0, 0.05) is 47.1 Å². The van der Waals surface area contributed by atoms with Crippen molar-refractivity contribution in [1.82, 2.24) is 20.0 Å². The van der Waals surface area contributed by atoms with E-state index < -0.39 is 11.7 Å². The molecule has 7 nitrogen and oxygen atoms in total. The Balaban J connectivity index is 1.47. The second-order valence-corrected chi connectivity index (χ2v) is 10.2. The lowest BCUT2D eigenvalue weighted by Gasteiger charge is -2.24. The van der Waals surface area contributed by atoms with Crippen LogP contribution in [0.25, 0.3) is 11.3 Å². The first-order valence-electron chi connectivity index (χ1n) is 11.3. The predicted octanol–water partition coefficient (Wildman–Crippen LogP) is 4.04. The van der Waals surface area contributed by atoms with E-state index in [4.69, 9.17) is 16.3 Å². The number of carbonyl (C=O) groups is 2. The summed E-state index contributed by atoms with van der Waals surface area (Å²) < 4.78 is 22.0. The quantitative estimate of drug-likeness (QED) is 0.537. The molecule has 2 aliphatic rings. The fraction of sp³-hybridized carbons (Fsp3) is 0.320. The number of ether oxygens (including phenoxy) is 1. The highest BCUT2D eigenvalue weighted by molar-refractivity contribution is 7.99. The van der Waals surface area contributed by atoms with Gasteiger partial charge < -0.3 is 15.0 Å². The molecule has 1 fully saturated rings. The van der Waals surface area contributed by atoms with Gasteiger partial charge in [0.15, 0.2) is 5.69 Å². The number of halogens is 2. The van der Waals surface area contributed by atoms with Crippen molar-refractivity contribution in [3.8, 4) is 17.0 Å². The van der Waals surface area contributed by atoms with Crippen LogP contribution in [0.2, 0.25) is 5.02 Å². The first kappa shape index (κ1) is 23.7. The summed E-state index contributed by atoms with van der Waals surface area (Å²) in [6.45, 7) is -0.117. The molecule has 0 radical (unpaired) electrons. The van der Waals surface area contributed by atoms with E-state index in [1.807, 2.05) is 0 Å². The van der Waals surface area contributed by atoms with Crippen LogP contribution in [0.15, 0.2) is 42.5 Å². The van der Waals surface area contributed by atoms with Crippen molar-refractivity contribution in [2.75, 3.05) is 18.1 Å². The van der Waals surface area contributed by atoms with Gasteiger partial charge in [0.25, 0.3) is 5.91 Å². The molecule has 3 heterocycles. The van der Waals surface area contributed by atoms with Gasteiger partial charge in [0.1, 0.15) is 24.7 Å². The van der Waals surface area contributed by atoms with Crippen molar-refractivity contribution in [2.24, 2.45) is 7.05 Å². The third kappa shape index (κ3) is 4.88. The van der Waals surface area contributed by atoms with E-state index in [1.54, 1.807) is 59.9 Å². The summed E-state index contributed by atoms with van der Waals surface area (Å²) in [5.74, 6) is 1.32. The van der Waals surface area contributed by atoms with E-state index in [-0.39, 0.29) is 37.3 Å². The molecule has 1 N–H and O–H groups in total. The molecule has 1 saturated heterocycles. The van der Waals surface area contributed by atoms with E-state index >= 15 is 0 Å². The monoisotopic (exact) mass is 514 g/mol. The second-order valence-electron chi connectivity index (χ2n) is 8.61. The van der Waals surface area contributed by atoms with Crippen LogP contribution in [-0.4, -0.2) is 50.6 Å². The molecular weight excluding hydrogens is 491 g/mol. The number of nitrogens with one attached hydrogen (secondary N) is 1. The minimum atomic E-state index is -0.463. The maximum atomic E-state index is 14.5. The Morgan fingerprint density at radius 2 is 2.14 bits per heavy atom. The molecule has 35 heavy (non-hydrogen) atoms. The molecule has 0 bridgehead atoms. The molecular formula is C25H24ClFN4O3S. The van der Waals surface area contributed by atoms with Crippen LogP contribution in [0.3, 0.4) is 0 Å². The summed E-state index contributed by atoms with van der Waals surface area (Å²) in [6.07, 6.45) is 0.894. The van der Waals surface area contributed by atoms with Gasteiger partial charge in [-0.1, -0.05) is 29.8 Å². The lowest BCUT2D eigenvalue weighted by atomic mass is 10.0. The van der Waals surface area contributed by atoms with E-state index in [2.05, 4.69) is 10.4 Å². The molecule has 1 unspecified atom stereocenters. The normalized spacial score (nSPS) is 16.3. The zero-order valence-corrected chi connectivity index (χ0v) is 20.7. The highest BCUT2D eigenvalue weighted by Gasteiger charge is 2.32. The zero-order valence-electron chi connectivity index (χ0n) is 19.1. The molecule has 1 aromatic heterocycles. The molecule has 1 atom stereocenters. The largest absolute Gasteiger partial charge is 0.488 e. The number of nitrogens with zero attached hydrogens (tertiary/aromatic N) is 3. The number of hydrogen-bond acceptors (Lipinski definition) is 5. The third-order valence-corrected chi connectivity index (χ3v) is 7.55. The topological polar surface area (TPSA) is 76.5 Å². The Morgan fingerprint density at radius 3 is 2.91 bits per heavy atom. The Hall–Kier alpha value is -3.04. The molecule has 2 aromatic carbocycles. The van der Waals surface area contributed by atoms with Gasteiger partial charge in [-0.3, -0.25) is 14.3 Å². The zero-order chi connectivity index (χ0) is 24.5. The van der Waals surface area contributed by atoms with Crippen LogP contribution in [0.5, 0.6) is 5.75 Å². The fourth-order valence-electron chi connectivity index (χ4n) is 4.45. The van der Waals surface area contributed by atoms with Crippen molar-refractivity contribution in [3.05, 3.63) is 70.1 Å². The average Bonchev–Trinajstić information content (AvgIpc) is 3.47. The highest BCUT2D eigenvalue weighted by Crippen LogP contribution is 2.40. The number of rotatable bonds is 6. The molecule has 3 aromatic rings. The molecule has 0 saturated carbocycles. The molecule has 5 rings (SSSR count). The number of amides is 2. The Bertz CT molecular complexity index is 1290. The smallest absolute Gasteiger partial charge is 0.275 e. The van der Waals surface area contributed by atoms with Gasteiger partial charge in [-0.05, 0) is 36.4 Å². The first-order valence-corrected chi connectivity index (χ1v) is 12.8. The number of benzene rings is 2. The van der Waals surface area contributed by atoms with Crippen molar-refractivity contribution in [3.63, 3.8) is 0 Å². The van der Waals surface area contributed by atoms with Crippen LogP contribution in [-0.2, 0) is 25.0 Å². The Kier molecular flexibility index (Phi) is 6.71. The third-order valence-electron chi connectivity index (χ3n) is 6.15. The van der Waals surface area contributed by atoms with Crippen molar-refractivity contribution in [2.45, 2.75) is 25.6 Å². The summed E-state index contributed by atoms with van der Waals surface area (Å²) in [5, 5.41) is 8.02. The maximum Gasteiger partial charge on any atom is 0.275 e. The Labute approximate surface area is 211 Å². The molecule has 2 aliphatic heterocycles. The van der Waals surface area contributed by atoms with Gasteiger partial charge in [-0.15, -0.1) is 0 Å². The molecule has 182 valence electrons. The van der Waals surface area contributed by atoms with Crippen LogP contribution in [0.4, 0.5) is 4.39 Å². The number of hydrogen-bond donors (Lipinski definition) is 1. The number of fused-ring (bicyclic) bond motifs is 3.